The van der Waals surface area contributed by atoms with E-state index in [1.165, 1.54) is 12.1 Å². The number of ether oxygens (including phenoxy) is 1. The van der Waals surface area contributed by atoms with Crippen molar-refractivity contribution in [1.29, 1.82) is 0 Å². The normalized spacial score (nSPS) is 15.8. The second kappa shape index (κ2) is 8.90. The lowest BCUT2D eigenvalue weighted by atomic mass is 10.2. The van der Waals surface area contributed by atoms with Crippen molar-refractivity contribution in [2.45, 2.75) is 32.4 Å². The number of nitrogens with one attached hydrogen (secondary N) is 1. The number of aryl methyl sites for hydroxylation is 1. The summed E-state index contributed by atoms with van der Waals surface area (Å²) in [5.41, 5.74) is 1.94. The number of nitrogens with zero attached hydrogens (tertiary/aromatic N) is 3. The number of amides is 1. The molecule has 4 rings (SSSR count). The van der Waals surface area contributed by atoms with Gasteiger partial charge in [0.15, 0.2) is 0 Å². The number of hydrogen-bond donors (Lipinski definition) is 1. The van der Waals surface area contributed by atoms with Gasteiger partial charge >= 0.3 is 0 Å². The summed E-state index contributed by atoms with van der Waals surface area (Å²) in [7, 11) is 0. The van der Waals surface area contributed by atoms with Gasteiger partial charge in [-0.15, -0.1) is 0 Å². The molecular formula is C23H23FN4O2. The first kappa shape index (κ1) is 19.8. The Kier molecular flexibility index (Phi) is 5.88. The molecule has 30 heavy (non-hydrogen) atoms. The molecule has 1 aliphatic heterocycles. The summed E-state index contributed by atoms with van der Waals surface area (Å²) in [5, 5.41) is 2.93. The van der Waals surface area contributed by atoms with Crippen LogP contribution in [-0.2, 0) is 11.3 Å². The Balaban J connectivity index is 1.43. The molecule has 2 heterocycles. The van der Waals surface area contributed by atoms with Crippen molar-refractivity contribution in [2.24, 2.45) is 0 Å². The van der Waals surface area contributed by atoms with Crippen LogP contribution in [0.1, 0.15) is 24.0 Å². The maximum atomic E-state index is 13.0. The van der Waals surface area contributed by atoms with E-state index < -0.39 is 0 Å². The van der Waals surface area contributed by atoms with Crippen molar-refractivity contribution in [3.63, 3.8) is 0 Å². The predicted octanol–water partition coefficient (Wildman–Crippen LogP) is 4.00. The van der Waals surface area contributed by atoms with Gasteiger partial charge in [0, 0.05) is 25.4 Å². The monoisotopic (exact) mass is 406 g/mol. The highest BCUT2D eigenvalue weighted by Crippen LogP contribution is 2.26. The van der Waals surface area contributed by atoms with Gasteiger partial charge in [-0.3, -0.25) is 4.79 Å². The molecule has 1 amide bonds. The molecule has 3 aromatic rings. The number of rotatable bonds is 6. The van der Waals surface area contributed by atoms with Gasteiger partial charge in [-0.2, -0.15) is 4.98 Å². The quantitative estimate of drug-likeness (QED) is 0.670. The fourth-order valence-corrected chi connectivity index (χ4v) is 3.52. The average Bonchev–Trinajstić information content (AvgIpc) is 3.23. The van der Waals surface area contributed by atoms with Crippen LogP contribution in [0.4, 0.5) is 10.3 Å². The molecule has 0 saturated carbocycles. The molecule has 1 aromatic heterocycles. The fourth-order valence-electron chi connectivity index (χ4n) is 3.52. The van der Waals surface area contributed by atoms with E-state index in [9.17, 15) is 9.18 Å². The molecule has 2 aromatic carbocycles. The molecule has 0 aliphatic carbocycles. The van der Waals surface area contributed by atoms with Crippen molar-refractivity contribution in [2.75, 3.05) is 11.4 Å². The van der Waals surface area contributed by atoms with Gasteiger partial charge in [0.1, 0.15) is 17.6 Å². The van der Waals surface area contributed by atoms with E-state index in [-0.39, 0.29) is 17.8 Å². The maximum absolute atomic E-state index is 13.0. The largest absolute Gasteiger partial charge is 0.439 e. The third kappa shape index (κ3) is 4.74. The zero-order valence-corrected chi connectivity index (χ0v) is 16.7. The number of halogens is 1. The number of benzene rings is 2. The number of aromatic nitrogens is 2. The first-order chi connectivity index (χ1) is 14.6. The smallest absolute Gasteiger partial charge is 0.243 e. The summed E-state index contributed by atoms with van der Waals surface area (Å²) in [6, 6.07) is 15.2. The van der Waals surface area contributed by atoms with E-state index in [1.807, 2.05) is 36.1 Å². The van der Waals surface area contributed by atoms with Crippen molar-refractivity contribution < 1.29 is 13.9 Å². The molecule has 1 saturated heterocycles. The Bertz CT molecular complexity index is 1030. The topological polar surface area (TPSA) is 67.3 Å². The average molecular weight is 406 g/mol. The summed E-state index contributed by atoms with van der Waals surface area (Å²) in [6.45, 7) is 3.04. The molecule has 0 radical (unpaired) electrons. The summed E-state index contributed by atoms with van der Waals surface area (Å²) >= 11 is 0. The number of hydrogen-bond acceptors (Lipinski definition) is 5. The van der Waals surface area contributed by atoms with Gasteiger partial charge in [0.25, 0.3) is 0 Å². The third-order valence-corrected chi connectivity index (χ3v) is 5.02. The standard InChI is InChI=1S/C23H23FN4O2/c1-16-4-2-5-19(14-16)30-21-11-12-25-23(27-21)28-13-3-6-20(28)22(29)26-15-17-7-9-18(24)10-8-17/h2,4-5,7-12,14,20H,3,6,13,15H2,1H3,(H,26,29)/t20-/m0/s1. The lowest BCUT2D eigenvalue weighted by Gasteiger charge is -2.24. The van der Waals surface area contributed by atoms with Gasteiger partial charge < -0.3 is 15.0 Å². The van der Waals surface area contributed by atoms with Crippen LogP contribution in [0.15, 0.2) is 60.8 Å². The van der Waals surface area contributed by atoms with E-state index in [4.69, 9.17) is 4.74 Å². The Morgan fingerprint density at radius 3 is 2.87 bits per heavy atom. The van der Waals surface area contributed by atoms with Crippen molar-refractivity contribution in [3.8, 4) is 11.6 Å². The van der Waals surface area contributed by atoms with Crippen LogP contribution in [0, 0.1) is 12.7 Å². The lowest BCUT2D eigenvalue weighted by Crippen LogP contribution is -2.43. The number of carbonyl (C=O) groups is 1. The highest BCUT2D eigenvalue weighted by atomic mass is 19.1. The first-order valence-electron chi connectivity index (χ1n) is 9.95. The molecule has 1 fully saturated rings. The van der Waals surface area contributed by atoms with Gasteiger partial charge in [-0.25, -0.2) is 9.37 Å². The zero-order chi connectivity index (χ0) is 20.9. The Morgan fingerprint density at radius 2 is 2.07 bits per heavy atom. The van der Waals surface area contributed by atoms with Crippen LogP contribution < -0.4 is 15.0 Å². The van der Waals surface area contributed by atoms with E-state index in [2.05, 4.69) is 15.3 Å². The molecule has 7 heteroatoms. The SMILES string of the molecule is Cc1cccc(Oc2ccnc(N3CCC[C@H]3C(=O)NCc3ccc(F)cc3)n2)c1. The summed E-state index contributed by atoms with van der Waals surface area (Å²) < 4.78 is 18.9. The number of carbonyl (C=O) groups excluding carboxylic acids is 1. The molecule has 1 atom stereocenters. The zero-order valence-electron chi connectivity index (χ0n) is 16.7. The number of anilines is 1. The molecular weight excluding hydrogens is 383 g/mol. The van der Waals surface area contributed by atoms with Crippen molar-refractivity contribution >= 4 is 11.9 Å². The Hall–Kier alpha value is -3.48. The van der Waals surface area contributed by atoms with E-state index >= 15 is 0 Å². The highest BCUT2D eigenvalue weighted by Gasteiger charge is 2.32. The molecule has 1 N–H and O–H groups in total. The van der Waals surface area contributed by atoms with Crippen LogP contribution in [0.2, 0.25) is 0 Å². The van der Waals surface area contributed by atoms with E-state index in [0.717, 1.165) is 24.0 Å². The second-order valence-electron chi connectivity index (χ2n) is 7.31. The maximum Gasteiger partial charge on any atom is 0.243 e. The first-order valence-corrected chi connectivity index (χ1v) is 9.95. The minimum Gasteiger partial charge on any atom is -0.439 e. The summed E-state index contributed by atoms with van der Waals surface area (Å²) in [4.78, 5) is 23.5. The molecule has 6 nitrogen and oxygen atoms in total. The third-order valence-electron chi connectivity index (χ3n) is 5.02. The van der Waals surface area contributed by atoms with Crippen molar-refractivity contribution in [1.82, 2.24) is 15.3 Å². The van der Waals surface area contributed by atoms with E-state index in [0.29, 0.717) is 30.7 Å². The lowest BCUT2D eigenvalue weighted by molar-refractivity contribution is -0.122. The minimum absolute atomic E-state index is 0.0922. The summed E-state index contributed by atoms with van der Waals surface area (Å²) in [5.74, 6) is 1.22. The molecule has 0 bridgehead atoms. The highest BCUT2D eigenvalue weighted by molar-refractivity contribution is 5.85. The second-order valence-corrected chi connectivity index (χ2v) is 7.31. The van der Waals surface area contributed by atoms with Gasteiger partial charge in [-0.05, 0) is 55.2 Å². The Morgan fingerprint density at radius 1 is 1.23 bits per heavy atom. The van der Waals surface area contributed by atoms with Crippen LogP contribution in [-0.4, -0.2) is 28.5 Å². The summed E-state index contributed by atoms with van der Waals surface area (Å²) in [6.07, 6.45) is 3.24. The van der Waals surface area contributed by atoms with Crippen LogP contribution in [0.3, 0.4) is 0 Å². The van der Waals surface area contributed by atoms with Gasteiger partial charge in [0.2, 0.25) is 17.7 Å². The van der Waals surface area contributed by atoms with Gasteiger partial charge in [-0.1, -0.05) is 24.3 Å². The van der Waals surface area contributed by atoms with Crippen molar-refractivity contribution in [3.05, 3.63) is 77.7 Å². The molecule has 0 spiro atoms. The molecule has 154 valence electrons. The fraction of sp³-hybridized carbons (Fsp3) is 0.261. The van der Waals surface area contributed by atoms with Crippen LogP contribution in [0.25, 0.3) is 0 Å². The molecule has 1 aliphatic rings. The van der Waals surface area contributed by atoms with Gasteiger partial charge in [0.05, 0.1) is 0 Å². The Labute approximate surface area is 174 Å². The molecule has 0 unspecified atom stereocenters. The van der Waals surface area contributed by atoms with Crippen LogP contribution in [0.5, 0.6) is 11.6 Å². The minimum atomic E-state index is -0.348. The van der Waals surface area contributed by atoms with Crippen LogP contribution >= 0.6 is 0 Å². The predicted molar refractivity (Wildman–Crippen MR) is 112 cm³/mol. The van der Waals surface area contributed by atoms with E-state index in [1.54, 1.807) is 24.4 Å².